The zero-order valence-corrected chi connectivity index (χ0v) is 18.9. The Balaban J connectivity index is -0.000000101. The van der Waals surface area contributed by atoms with E-state index in [4.69, 9.17) is 66.1 Å². The molecule has 0 saturated heterocycles. The fraction of sp³-hybridized carbons (Fsp3) is 0.727. The second-order valence-corrected chi connectivity index (χ2v) is 4.30. The van der Waals surface area contributed by atoms with Gasteiger partial charge in [-0.25, -0.2) is 9.59 Å². The van der Waals surface area contributed by atoms with Crippen LogP contribution in [0, 0.1) is 0 Å². The quantitative estimate of drug-likeness (QED) is 0.157. The van der Waals surface area contributed by atoms with Gasteiger partial charge < -0.3 is 66.1 Å². The van der Waals surface area contributed by atoms with Gasteiger partial charge in [0.1, 0.15) is 24.4 Å². The van der Waals surface area contributed by atoms with Crippen molar-refractivity contribution in [3.8, 4) is 0 Å². The van der Waals surface area contributed by atoms with Crippen LogP contribution >= 0.6 is 0 Å². The molecular formula is C11H20Na2O15. The normalized spacial score (nSPS) is 15.7. The maximum absolute atomic E-state index is 9.77. The standard InChI is InChI=1S/C6H14O6.C4H6O6.CH2O3.2Na/c7-1-3(9)5(11)6(12)4(10)2-8;5-1(3(7)8)2(6)4(9)10;2-1(3)4;;/h3-12H,1-2H2;1-2,5-6H,(H,7,8)(H,9,10);(H2,2,3,4);;/q;;;2*+1/p-2. The molecule has 0 aliphatic rings. The largest absolute Gasteiger partial charge is 1.00 e. The molecule has 0 spiro atoms. The van der Waals surface area contributed by atoms with Crippen molar-refractivity contribution in [2.24, 2.45) is 0 Å². The molecule has 0 radical (unpaired) electrons. The average molecular weight is 438 g/mol. The smallest absolute Gasteiger partial charge is 0.652 e. The molecule has 6 unspecified atom stereocenters. The molecule has 6 atom stereocenters. The van der Waals surface area contributed by atoms with Crippen LogP contribution in [-0.2, 0) is 9.59 Å². The van der Waals surface area contributed by atoms with Crippen LogP contribution in [0.4, 0.5) is 4.79 Å². The molecule has 0 saturated carbocycles. The molecule has 0 rings (SSSR count). The second-order valence-electron chi connectivity index (χ2n) is 4.30. The van der Waals surface area contributed by atoms with Crippen molar-refractivity contribution in [1.82, 2.24) is 0 Å². The number of rotatable bonds is 8. The van der Waals surface area contributed by atoms with E-state index in [9.17, 15) is 9.59 Å². The summed E-state index contributed by atoms with van der Waals surface area (Å²) in [6, 6.07) is 0. The zero-order chi connectivity index (χ0) is 21.6. The van der Waals surface area contributed by atoms with Gasteiger partial charge in [0.25, 0.3) is 0 Å². The first-order valence-electron chi connectivity index (χ1n) is 6.38. The average Bonchev–Trinajstić information content (AvgIpc) is 2.57. The summed E-state index contributed by atoms with van der Waals surface area (Å²) in [5.41, 5.74) is 0. The number of carboxylic acid groups (broad SMARTS) is 4. The van der Waals surface area contributed by atoms with E-state index in [2.05, 4.69) is 0 Å². The predicted molar refractivity (Wildman–Crippen MR) is 70.9 cm³/mol. The van der Waals surface area contributed by atoms with Crippen molar-refractivity contribution in [3.63, 3.8) is 0 Å². The number of hydrogen-bond donors (Lipinski definition) is 10. The Hall–Kier alpha value is -0.110. The monoisotopic (exact) mass is 438 g/mol. The predicted octanol–water partition coefficient (Wildman–Crippen LogP) is -14.1. The van der Waals surface area contributed by atoms with Crippen molar-refractivity contribution >= 4 is 18.1 Å². The van der Waals surface area contributed by atoms with Gasteiger partial charge in [-0.3, -0.25) is 0 Å². The van der Waals surface area contributed by atoms with Gasteiger partial charge in [0, 0.05) is 0 Å². The first kappa shape index (κ1) is 38.5. The Morgan fingerprint density at radius 2 is 0.821 bits per heavy atom. The van der Waals surface area contributed by atoms with Crippen LogP contribution in [-0.4, -0.2) is 119 Å². The molecule has 28 heavy (non-hydrogen) atoms. The summed E-state index contributed by atoms with van der Waals surface area (Å²) in [4.78, 5) is 27.9. The van der Waals surface area contributed by atoms with E-state index in [1.165, 1.54) is 0 Å². The number of carboxylic acids is 2. The van der Waals surface area contributed by atoms with E-state index in [0.717, 1.165) is 0 Å². The van der Waals surface area contributed by atoms with E-state index in [1.54, 1.807) is 0 Å². The molecule has 0 amide bonds. The van der Waals surface area contributed by atoms with Crippen LogP contribution in [0.1, 0.15) is 0 Å². The fourth-order valence-corrected chi connectivity index (χ4v) is 0.941. The van der Waals surface area contributed by atoms with Crippen molar-refractivity contribution in [2.45, 2.75) is 36.6 Å². The minimum Gasteiger partial charge on any atom is -0.652 e. The summed E-state index contributed by atoms with van der Waals surface area (Å²) in [5, 5.41) is 101. The Kier molecular flexibility index (Phi) is 29.7. The Morgan fingerprint density at radius 1 is 0.643 bits per heavy atom. The first-order valence-corrected chi connectivity index (χ1v) is 6.38. The summed E-state index contributed by atoms with van der Waals surface area (Å²) >= 11 is 0. The van der Waals surface area contributed by atoms with E-state index >= 15 is 0 Å². The van der Waals surface area contributed by atoms with E-state index in [1.807, 2.05) is 0 Å². The molecule has 156 valence electrons. The molecule has 15 nitrogen and oxygen atoms in total. The number of aliphatic carboxylic acids is 2. The molecular weight excluding hydrogens is 418 g/mol. The van der Waals surface area contributed by atoms with Crippen LogP contribution < -0.4 is 69.3 Å². The van der Waals surface area contributed by atoms with Gasteiger partial charge in [-0.15, -0.1) is 0 Å². The Labute approximate surface area is 201 Å². The van der Waals surface area contributed by atoms with Gasteiger partial charge in [-0.1, -0.05) is 0 Å². The maximum atomic E-state index is 9.77. The van der Waals surface area contributed by atoms with Crippen LogP contribution in [0.3, 0.4) is 0 Å². The molecule has 0 aromatic rings. The van der Waals surface area contributed by atoms with Crippen molar-refractivity contribution in [1.29, 1.82) is 0 Å². The van der Waals surface area contributed by atoms with Crippen LogP contribution in [0.25, 0.3) is 0 Å². The van der Waals surface area contributed by atoms with Crippen LogP contribution in [0.2, 0.25) is 0 Å². The van der Waals surface area contributed by atoms with Crippen molar-refractivity contribution < 1.29 is 135 Å². The van der Waals surface area contributed by atoms with E-state index < -0.39 is 67.9 Å². The van der Waals surface area contributed by atoms with Gasteiger partial charge in [0.05, 0.1) is 13.2 Å². The molecule has 10 N–H and O–H groups in total. The first-order chi connectivity index (χ1) is 11.7. The van der Waals surface area contributed by atoms with Gasteiger partial charge in [0.2, 0.25) is 0 Å². The third-order valence-electron chi connectivity index (χ3n) is 2.32. The van der Waals surface area contributed by atoms with Gasteiger partial charge in [0.15, 0.2) is 12.2 Å². The van der Waals surface area contributed by atoms with Crippen molar-refractivity contribution in [2.75, 3.05) is 13.2 Å². The number of aliphatic hydroxyl groups is 8. The SMILES string of the molecule is O=C(O)C(O)C(O)C(=O)O.O=C([O-])[O-].OCC(O)C(O)C(O)C(O)CO.[Na+].[Na+]. The zero-order valence-electron chi connectivity index (χ0n) is 14.9. The van der Waals surface area contributed by atoms with Gasteiger partial charge in [-0.05, 0) is 6.16 Å². The minimum atomic E-state index is -2.33. The van der Waals surface area contributed by atoms with E-state index in [0.29, 0.717) is 0 Å². The molecule has 0 fully saturated rings. The third kappa shape index (κ3) is 20.6. The van der Waals surface area contributed by atoms with Gasteiger partial charge in [-0.2, -0.15) is 0 Å². The number of hydrogen-bond acceptors (Lipinski definition) is 13. The Morgan fingerprint density at radius 3 is 0.929 bits per heavy atom. The molecule has 17 heteroatoms. The number of carbonyl (C=O) groups is 3. The summed E-state index contributed by atoms with van der Waals surface area (Å²) in [7, 11) is 0. The molecule has 0 aliphatic carbocycles. The maximum Gasteiger partial charge on any atom is 1.00 e. The molecule has 0 bridgehead atoms. The topological polar surface area (TPSA) is 300 Å². The fourth-order valence-electron chi connectivity index (χ4n) is 0.941. The molecule has 0 heterocycles. The second kappa shape index (κ2) is 21.6. The summed E-state index contributed by atoms with van der Waals surface area (Å²) in [6.45, 7) is -1.45. The molecule has 0 aromatic carbocycles. The third-order valence-corrected chi connectivity index (χ3v) is 2.32. The van der Waals surface area contributed by atoms with Gasteiger partial charge >= 0.3 is 71.1 Å². The van der Waals surface area contributed by atoms with E-state index in [-0.39, 0.29) is 59.1 Å². The molecule has 0 aliphatic heterocycles. The summed E-state index contributed by atoms with van der Waals surface area (Å²) in [5.74, 6) is -3.54. The number of aliphatic hydroxyl groups excluding tert-OH is 8. The minimum absolute atomic E-state index is 0. The molecule has 0 aromatic heterocycles. The van der Waals surface area contributed by atoms with Crippen molar-refractivity contribution in [3.05, 3.63) is 0 Å². The summed E-state index contributed by atoms with van der Waals surface area (Å²) < 4.78 is 0. The number of carbonyl (C=O) groups excluding carboxylic acids is 1. The van der Waals surface area contributed by atoms with Crippen LogP contribution in [0.15, 0.2) is 0 Å². The van der Waals surface area contributed by atoms with Crippen LogP contribution in [0.5, 0.6) is 0 Å². The summed E-state index contributed by atoms with van der Waals surface area (Å²) in [6.07, 6.45) is -13.3. The Bertz CT molecular complexity index is 387.